The number of rotatable bonds is 10. The summed E-state index contributed by atoms with van der Waals surface area (Å²) in [5, 5.41) is 0.657. The molecule has 3 unspecified atom stereocenters. The predicted molar refractivity (Wildman–Crippen MR) is 137 cm³/mol. The number of ketones is 1. The number of carbonyl (C=O) groups is 1. The summed E-state index contributed by atoms with van der Waals surface area (Å²) in [4.78, 5) is 25.4. The van der Waals surface area contributed by atoms with Crippen molar-refractivity contribution in [3.8, 4) is 0 Å². The Bertz CT molecular complexity index is 1230. The summed E-state index contributed by atoms with van der Waals surface area (Å²) >= 11 is 6.09. The Hall–Kier alpha value is -2.04. The van der Waals surface area contributed by atoms with Crippen molar-refractivity contribution < 1.29 is 48.3 Å². The normalized spacial score (nSPS) is 17.9. The van der Waals surface area contributed by atoms with Gasteiger partial charge in [-0.15, -0.1) is 0 Å². The van der Waals surface area contributed by atoms with Crippen LogP contribution in [0.2, 0.25) is 5.02 Å². The Kier molecular flexibility index (Phi) is 10.7. The van der Waals surface area contributed by atoms with Gasteiger partial charge < -0.3 is 4.89 Å². The van der Waals surface area contributed by atoms with Crippen LogP contribution in [-0.4, -0.2) is 5.78 Å². The van der Waals surface area contributed by atoms with Gasteiger partial charge >= 0.3 is 37.8 Å². The minimum Gasteiger partial charge on any atom is -0.558 e. The van der Waals surface area contributed by atoms with Gasteiger partial charge in [0.05, 0.1) is 5.41 Å². The molecule has 7 heteroatoms. The first-order valence-corrected chi connectivity index (χ1v) is 13.0. The minimum absolute atomic E-state index is 0. The summed E-state index contributed by atoms with van der Waals surface area (Å²) in [5.41, 5.74) is 2.37. The summed E-state index contributed by atoms with van der Waals surface area (Å²) in [6.45, 7) is 0. The summed E-state index contributed by atoms with van der Waals surface area (Å²) in [5.74, 6) is 0.0899. The van der Waals surface area contributed by atoms with Crippen molar-refractivity contribution in [1.29, 1.82) is 0 Å². The zero-order valence-corrected chi connectivity index (χ0v) is 23.8. The third kappa shape index (κ3) is 7.73. The van der Waals surface area contributed by atoms with E-state index in [-0.39, 0.29) is 47.0 Å². The zero-order valence-electron chi connectivity index (χ0n) is 20.2. The van der Waals surface area contributed by atoms with Crippen molar-refractivity contribution in [1.82, 2.24) is 0 Å². The van der Waals surface area contributed by atoms with Gasteiger partial charge in [0.15, 0.2) is 5.76 Å². The number of allylic oxidation sites excluding steroid dienone is 3. The Morgan fingerprint density at radius 3 is 2.00 bits per heavy atom. The molecular weight excluding hydrogens is 502 g/mol. The van der Waals surface area contributed by atoms with Crippen molar-refractivity contribution >= 4 is 25.6 Å². The third-order valence-electron chi connectivity index (χ3n) is 6.36. The van der Waals surface area contributed by atoms with E-state index in [9.17, 15) is 14.3 Å². The molecule has 0 amide bonds. The predicted octanol–water partition coefficient (Wildman–Crippen LogP) is 3.42. The SMILES string of the molecule is O=C(C(Cc1ccccc1)Cc1ccc(Cl)cc1)C1(Cc2ccccc2)C=CC(O[P+](=O)[O-])=CC1.[Na+]. The molecule has 0 spiro atoms. The number of hydrogen-bond acceptors (Lipinski definition) is 4. The monoisotopic (exact) mass is 527 g/mol. The molecule has 0 aromatic heterocycles. The van der Waals surface area contributed by atoms with Crippen LogP contribution in [0.25, 0.3) is 0 Å². The molecule has 0 radical (unpaired) electrons. The largest absolute Gasteiger partial charge is 1.00 e. The second kappa shape index (κ2) is 13.5. The smallest absolute Gasteiger partial charge is 0.558 e. The summed E-state index contributed by atoms with van der Waals surface area (Å²) < 4.78 is 15.9. The Morgan fingerprint density at radius 1 is 0.917 bits per heavy atom. The summed E-state index contributed by atoms with van der Waals surface area (Å²) in [6.07, 6.45) is 7.20. The van der Waals surface area contributed by atoms with Crippen LogP contribution in [0, 0.1) is 11.3 Å². The number of carbonyl (C=O) groups excluding carboxylic acids is 1. The van der Waals surface area contributed by atoms with Gasteiger partial charge in [0.2, 0.25) is 0 Å². The Balaban J connectivity index is 0.00000361. The molecule has 0 bridgehead atoms. The van der Waals surface area contributed by atoms with Crippen LogP contribution in [-0.2, 0) is 33.1 Å². The van der Waals surface area contributed by atoms with Crippen LogP contribution >= 0.6 is 19.9 Å². The van der Waals surface area contributed by atoms with Crippen molar-refractivity contribution in [3.05, 3.63) is 131 Å². The molecule has 0 heterocycles. The van der Waals surface area contributed by atoms with E-state index >= 15 is 0 Å². The van der Waals surface area contributed by atoms with Crippen LogP contribution in [0.4, 0.5) is 0 Å². The average Bonchev–Trinajstić information content (AvgIpc) is 2.87. The molecule has 36 heavy (non-hydrogen) atoms. The molecule has 3 atom stereocenters. The van der Waals surface area contributed by atoms with E-state index in [1.165, 1.54) is 0 Å². The molecule has 4 nitrogen and oxygen atoms in total. The van der Waals surface area contributed by atoms with Gasteiger partial charge in [-0.25, -0.2) is 0 Å². The van der Waals surface area contributed by atoms with Gasteiger partial charge in [0, 0.05) is 10.9 Å². The fourth-order valence-corrected chi connectivity index (χ4v) is 5.08. The number of Topliss-reactive ketones (excluding diaryl/α,β-unsaturated/α-hetero) is 1. The summed E-state index contributed by atoms with van der Waals surface area (Å²) in [7, 11) is -3.01. The maximum absolute atomic E-state index is 14.4. The molecule has 4 rings (SSSR count). The Morgan fingerprint density at radius 2 is 1.47 bits per heavy atom. The minimum atomic E-state index is -3.01. The number of hydrogen-bond donors (Lipinski definition) is 0. The van der Waals surface area contributed by atoms with E-state index in [0.717, 1.165) is 16.7 Å². The molecule has 3 aromatic carbocycles. The van der Waals surface area contributed by atoms with Gasteiger partial charge in [-0.05, 0) is 71.2 Å². The standard InChI is InChI=1S/C29H26ClO4P.Na/c30-26-13-11-23(12-14-26)20-25(19-22-7-3-1-4-8-22)28(31)29(21-24-9-5-2-6-10-24)17-15-27(16-18-29)34-35(32)33;/h1-17,25H,18-21H2;/q;+1. The fourth-order valence-electron chi connectivity index (χ4n) is 4.64. The van der Waals surface area contributed by atoms with Gasteiger partial charge in [0.1, 0.15) is 5.78 Å². The summed E-state index contributed by atoms with van der Waals surface area (Å²) in [6, 6.07) is 27.5. The molecule has 0 saturated heterocycles. The van der Waals surface area contributed by atoms with E-state index in [4.69, 9.17) is 16.1 Å². The molecule has 0 saturated carbocycles. The number of halogens is 1. The van der Waals surface area contributed by atoms with Crippen molar-refractivity contribution in [3.63, 3.8) is 0 Å². The number of benzene rings is 3. The Labute approximate surface area is 240 Å². The molecule has 0 N–H and O–H groups in total. The molecule has 1 aliphatic carbocycles. The van der Waals surface area contributed by atoms with Gasteiger partial charge in [-0.2, -0.15) is 0 Å². The average molecular weight is 528 g/mol. The molecule has 178 valence electrons. The zero-order chi connectivity index (χ0) is 24.7. The first-order chi connectivity index (χ1) is 16.9. The van der Waals surface area contributed by atoms with Gasteiger partial charge in [-0.1, -0.05) is 90.5 Å². The van der Waals surface area contributed by atoms with Crippen LogP contribution in [0.3, 0.4) is 0 Å². The molecular formula is C29H26ClNaO4P+. The van der Waals surface area contributed by atoms with Crippen molar-refractivity contribution in [2.45, 2.75) is 25.7 Å². The molecule has 0 fully saturated rings. The first kappa shape index (κ1) is 28.5. The van der Waals surface area contributed by atoms with Crippen molar-refractivity contribution in [2.24, 2.45) is 11.3 Å². The van der Waals surface area contributed by atoms with E-state index in [0.29, 0.717) is 30.7 Å². The van der Waals surface area contributed by atoms with Gasteiger partial charge in [-0.3, -0.25) is 9.32 Å². The van der Waals surface area contributed by atoms with E-state index in [1.54, 1.807) is 12.2 Å². The molecule has 1 aliphatic rings. The topological polar surface area (TPSA) is 66.4 Å². The van der Waals surface area contributed by atoms with E-state index in [2.05, 4.69) is 0 Å². The molecule has 3 aromatic rings. The fraction of sp³-hybridized carbons (Fsp3) is 0.207. The quantitative estimate of drug-likeness (QED) is 0.299. The van der Waals surface area contributed by atoms with Crippen LogP contribution in [0.1, 0.15) is 23.1 Å². The van der Waals surface area contributed by atoms with E-state index < -0.39 is 13.7 Å². The van der Waals surface area contributed by atoms with Gasteiger partial charge in [0.25, 0.3) is 0 Å². The molecule has 0 aliphatic heterocycles. The third-order valence-corrected chi connectivity index (χ3v) is 6.97. The van der Waals surface area contributed by atoms with E-state index in [1.807, 2.05) is 91.0 Å². The van der Waals surface area contributed by atoms with Crippen molar-refractivity contribution in [2.75, 3.05) is 0 Å². The van der Waals surface area contributed by atoms with Crippen LogP contribution in [0.15, 0.2) is 109 Å². The first-order valence-electron chi connectivity index (χ1n) is 11.5. The maximum Gasteiger partial charge on any atom is 1.00 e. The second-order valence-corrected chi connectivity index (χ2v) is 9.93. The van der Waals surface area contributed by atoms with Crippen LogP contribution < -0.4 is 34.5 Å². The second-order valence-electron chi connectivity index (χ2n) is 8.86. The maximum atomic E-state index is 14.4. The van der Waals surface area contributed by atoms with Crippen LogP contribution in [0.5, 0.6) is 0 Å².